The molecule has 0 saturated carbocycles. The molecule has 2 heterocycles. The minimum absolute atomic E-state index is 0.481. The lowest BCUT2D eigenvalue weighted by Crippen LogP contribution is -2.49. The number of hydrogen-bond acceptors (Lipinski definition) is 5. The Morgan fingerprint density at radius 1 is 1.13 bits per heavy atom. The van der Waals surface area contributed by atoms with Crippen molar-refractivity contribution in [3.05, 3.63) is 24.3 Å². The Morgan fingerprint density at radius 2 is 1.87 bits per heavy atom. The zero-order valence-corrected chi connectivity index (χ0v) is 14.9. The van der Waals surface area contributed by atoms with Crippen LogP contribution in [0.25, 0.3) is 0 Å². The third kappa shape index (κ3) is 5.38. The van der Waals surface area contributed by atoms with E-state index in [-0.39, 0.29) is 0 Å². The van der Waals surface area contributed by atoms with Crippen LogP contribution in [-0.2, 0) is 4.74 Å². The largest absolute Gasteiger partial charge is 0.492 e. The van der Waals surface area contributed by atoms with Gasteiger partial charge < -0.3 is 9.47 Å². The Morgan fingerprint density at radius 3 is 2.52 bits per heavy atom. The lowest BCUT2D eigenvalue weighted by atomic mass is 10.2. The Kier molecular flexibility index (Phi) is 6.63. The maximum atomic E-state index is 5.86. The fraction of sp³-hybridized carbons (Fsp3) is 0.667. The van der Waals surface area contributed by atoms with Crippen molar-refractivity contribution in [3.63, 3.8) is 0 Å². The van der Waals surface area contributed by atoms with E-state index in [2.05, 4.69) is 40.3 Å². The summed E-state index contributed by atoms with van der Waals surface area (Å²) in [6.07, 6.45) is 5.05. The molecule has 0 spiro atoms. The molecule has 23 heavy (non-hydrogen) atoms. The van der Waals surface area contributed by atoms with Crippen LogP contribution in [-0.4, -0.2) is 74.6 Å². The molecule has 2 aliphatic heterocycles. The van der Waals surface area contributed by atoms with E-state index in [9.17, 15) is 0 Å². The molecule has 4 nitrogen and oxygen atoms in total. The predicted octanol–water partition coefficient (Wildman–Crippen LogP) is 2.58. The molecule has 0 aliphatic carbocycles. The van der Waals surface area contributed by atoms with Crippen LogP contribution in [0.5, 0.6) is 5.75 Å². The molecule has 2 fully saturated rings. The molecule has 2 aliphatic rings. The van der Waals surface area contributed by atoms with Crippen molar-refractivity contribution >= 4 is 11.8 Å². The van der Waals surface area contributed by atoms with Crippen LogP contribution in [0.2, 0.25) is 0 Å². The van der Waals surface area contributed by atoms with Gasteiger partial charge in [-0.2, -0.15) is 0 Å². The van der Waals surface area contributed by atoms with E-state index in [1.54, 1.807) is 11.8 Å². The quantitative estimate of drug-likeness (QED) is 0.713. The summed E-state index contributed by atoms with van der Waals surface area (Å²) in [5.41, 5.74) is 0. The SMILES string of the molecule is CSc1ccc(OCCN2CCN(CC3CCCO3)CC2)cc1. The van der Waals surface area contributed by atoms with Gasteiger partial charge >= 0.3 is 0 Å². The highest BCUT2D eigenvalue weighted by Gasteiger charge is 2.22. The standard InChI is InChI=1S/C18H28N2O2S/c1-23-18-6-4-16(5-7-18)22-14-12-19-8-10-20(11-9-19)15-17-3-2-13-21-17/h4-7,17H,2-3,8-15H2,1H3. The third-order valence-electron chi connectivity index (χ3n) is 4.69. The van der Waals surface area contributed by atoms with E-state index in [0.29, 0.717) is 6.10 Å². The highest BCUT2D eigenvalue weighted by Crippen LogP contribution is 2.19. The van der Waals surface area contributed by atoms with Gasteiger partial charge in [0.2, 0.25) is 0 Å². The number of rotatable bonds is 7. The van der Waals surface area contributed by atoms with E-state index >= 15 is 0 Å². The van der Waals surface area contributed by atoms with Gasteiger partial charge in [0.05, 0.1) is 6.10 Å². The molecule has 0 aromatic heterocycles. The second kappa shape index (κ2) is 8.92. The molecule has 3 rings (SSSR count). The van der Waals surface area contributed by atoms with Crippen LogP contribution in [0.15, 0.2) is 29.2 Å². The van der Waals surface area contributed by atoms with Crippen molar-refractivity contribution in [3.8, 4) is 5.75 Å². The van der Waals surface area contributed by atoms with Crippen LogP contribution in [0, 0.1) is 0 Å². The summed E-state index contributed by atoms with van der Waals surface area (Å²) >= 11 is 1.76. The second-order valence-corrected chi connectivity index (χ2v) is 7.18. The second-order valence-electron chi connectivity index (χ2n) is 6.30. The van der Waals surface area contributed by atoms with Crippen LogP contribution < -0.4 is 4.74 Å². The first-order valence-electron chi connectivity index (χ1n) is 8.66. The van der Waals surface area contributed by atoms with Crippen LogP contribution in [0.1, 0.15) is 12.8 Å². The summed E-state index contributed by atoms with van der Waals surface area (Å²) in [6, 6.07) is 8.35. The molecule has 1 atom stereocenters. The molecule has 1 aromatic carbocycles. The van der Waals surface area contributed by atoms with Crippen LogP contribution >= 0.6 is 11.8 Å². The fourth-order valence-electron chi connectivity index (χ4n) is 3.24. The Hall–Kier alpha value is -0.750. The first-order valence-corrected chi connectivity index (χ1v) is 9.89. The zero-order chi connectivity index (χ0) is 15.9. The molecule has 128 valence electrons. The van der Waals surface area contributed by atoms with Crippen LogP contribution in [0.3, 0.4) is 0 Å². The minimum atomic E-state index is 0.481. The van der Waals surface area contributed by atoms with E-state index in [1.807, 2.05) is 0 Å². The normalized spacial score (nSPS) is 23.3. The third-order valence-corrected chi connectivity index (χ3v) is 5.43. The number of ether oxygens (including phenoxy) is 2. The number of hydrogen-bond donors (Lipinski definition) is 0. The fourth-order valence-corrected chi connectivity index (χ4v) is 3.64. The summed E-state index contributed by atoms with van der Waals surface area (Å²) in [7, 11) is 0. The maximum Gasteiger partial charge on any atom is 0.119 e. The topological polar surface area (TPSA) is 24.9 Å². The number of benzene rings is 1. The average molecular weight is 337 g/mol. The maximum absolute atomic E-state index is 5.86. The molecule has 0 radical (unpaired) electrons. The molecule has 2 saturated heterocycles. The Bertz CT molecular complexity index is 455. The van der Waals surface area contributed by atoms with Crippen molar-refractivity contribution in [2.45, 2.75) is 23.8 Å². The number of thioether (sulfide) groups is 1. The van der Waals surface area contributed by atoms with Crippen LogP contribution in [0.4, 0.5) is 0 Å². The van der Waals surface area contributed by atoms with Gasteiger partial charge in [-0.15, -0.1) is 11.8 Å². The molecular formula is C18H28N2O2S. The molecule has 5 heteroatoms. The Balaban J connectivity index is 1.31. The van der Waals surface area contributed by atoms with Gasteiger partial charge in [-0.1, -0.05) is 0 Å². The predicted molar refractivity (Wildman–Crippen MR) is 95.6 cm³/mol. The monoisotopic (exact) mass is 336 g/mol. The van der Waals surface area contributed by atoms with Gasteiger partial charge in [0.1, 0.15) is 12.4 Å². The molecule has 0 N–H and O–H groups in total. The van der Waals surface area contributed by atoms with Crippen molar-refractivity contribution in [1.29, 1.82) is 0 Å². The summed E-state index contributed by atoms with van der Waals surface area (Å²) < 4.78 is 11.6. The van der Waals surface area contributed by atoms with Gasteiger partial charge in [0.15, 0.2) is 0 Å². The van der Waals surface area contributed by atoms with Gasteiger partial charge in [0.25, 0.3) is 0 Å². The Labute approximate surface area is 144 Å². The van der Waals surface area contributed by atoms with Gasteiger partial charge in [0, 0.05) is 50.8 Å². The molecular weight excluding hydrogens is 308 g/mol. The van der Waals surface area contributed by atoms with Crippen molar-refractivity contribution in [1.82, 2.24) is 9.80 Å². The first kappa shape index (κ1) is 17.1. The van der Waals surface area contributed by atoms with Gasteiger partial charge in [-0.3, -0.25) is 9.80 Å². The smallest absolute Gasteiger partial charge is 0.119 e. The van der Waals surface area contributed by atoms with E-state index in [1.165, 1.54) is 17.7 Å². The van der Waals surface area contributed by atoms with Crippen molar-refractivity contribution in [2.75, 3.05) is 58.7 Å². The van der Waals surface area contributed by atoms with E-state index in [4.69, 9.17) is 9.47 Å². The van der Waals surface area contributed by atoms with Gasteiger partial charge in [-0.25, -0.2) is 0 Å². The summed E-state index contributed by atoms with van der Waals surface area (Å²) in [4.78, 5) is 6.33. The summed E-state index contributed by atoms with van der Waals surface area (Å²) in [6.45, 7) is 8.45. The van der Waals surface area contributed by atoms with Crippen molar-refractivity contribution < 1.29 is 9.47 Å². The molecule has 0 bridgehead atoms. The molecule has 1 aromatic rings. The van der Waals surface area contributed by atoms with Crippen molar-refractivity contribution in [2.24, 2.45) is 0 Å². The highest BCUT2D eigenvalue weighted by molar-refractivity contribution is 7.98. The lowest BCUT2D eigenvalue weighted by Gasteiger charge is -2.35. The highest BCUT2D eigenvalue weighted by atomic mass is 32.2. The summed E-state index contributed by atoms with van der Waals surface area (Å²) in [5.74, 6) is 0.972. The lowest BCUT2D eigenvalue weighted by molar-refractivity contribution is 0.0478. The zero-order valence-electron chi connectivity index (χ0n) is 14.1. The average Bonchev–Trinajstić information content (AvgIpc) is 3.10. The van der Waals surface area contributed by atoms with E-state index < -0.39 is 0 Å². The first-order chi connectivity index (χ1) is 11.3. The number of nitrogens with zero attached hydrogens (tertiary/aromatic N) is 2. The van der Waals surface area contributed by atoms with Gasteiger partial charge in [-0.05, 0) is 43.4 Å². The molecule has 1 unspecified atom stereocenters. The number of piperazine rings is 1. The minimum Gasteiger partial charge on any atom is -0.492 e. The molecule has 0 amide bonds. The summed E-state index contributed by atoms with van der Waals surface area (Å²) in [5, 5.41) is 0. The van der Waals surface area contributed by atoms with E-state index in [0.717, 1.165) is 58.2 Å².